The number of benzene rings is 1. The van der Waals surface area contributed by atoms with Gasteiger partial charge in [-0.1, -0.05) is 12.1 Å². The first-order valence-corrected chi connectivity index (χ1v) is 4.25. The van der Waals surface area contributed by atoms with Crippen LogP contribution in [0.15, 0.2) is 39.5 Å². The number of para-hydroxylation sites is 1. The first-order chi connectivity index (χ1) is 6.17. The van der Waals surface area contributed by atoms with Crippen LogP contribution in [0, 0.1) is 0 Å². The molecule has 0 atom stereocenters. The van der Waals surface area contributed by atoms with Gasteiger partial charge < -0.3 is 0 Å². The van der Waals surface area contributed by atoms with E-state index in [-0.39, 0.29) is 5.54 Å². The van der Waals surface area contributed by atoms with E-state index in [2.05, 4.69) is 15.2 Å². The maximum absolute atomic E-state index is 4.33. The SMILES string of the molecule is CC1(C)C=Nc2ccccc2N=N1. The second kappa shape index (κ2) is 2.76. The van der Waals surface area contributed by atoms with E-state index in [4.69, 9.17) is 0 Å². The Morgan fingerprint density at radius 1 is 1.08 bits per heavy atom. The number of hydrogen-bond donors (Lipinski definition) is 0. The summed E-state index contributed by atoms with van der Waals surface area (Å²) in [6.45, 7) is 3.96. The average molecular weight is 173 g/mol. The third-order valence-electron chi connectivity index (χ3n) is 1.82. The zero-order chi connectivity index (χ0) is 9.31. The van der Waals surface area contributed by atoms with Gasteiger partial charge in [0, 0.05) is 6.21 Å². The van der Waals surface area contributed by atoms with Crippen LogP contribution in [0.5, 0.6) is 0 Å². The summed E-state index contributed by atoms with van der Waals surface area (Å²) in [7, 11) is 0. The molecule has 0 saturated carbocycles. The quantitative estimate of drug-likeness (QED) is 0.577. The van der Waals surface area contributed by atoms with Crippen LogP contribution < -0.4 is 0 Å². The topological polar surface area (TPSA) is 37.1 Å². The van der Waals surface area contributed by atoms with Gasteiger partial charge in [0.2, 0.25) is 0 Å². The van der Waals surface area contributed by atoms with Crippen LogP contribution in [-0.4, -0.2) is 11.8 Å². The number of aliphatic imine (C=N–C) groups is 1. The Morgan fingerprint density at radius 3 is 2.54 bits per heavy atom. The molecular weight excluding hydrogens is 162 g/mol. The number of rotatable bonds is 0. The highest BCUT2D eigenvalue weighted by atomic mass is 15.2. The van der Waals surface area contributed by atoms with Crippen LogP contribution in [0.1, 0.15) is 13.8 Å². The van der Waals surface area contributed by atoms with Gasteiger partial charge in [0.25, 0.3) is 0 Å². The third-order valence-corrected chi connectivity index (χ3v) is 1.82. The fraction of sp³-hybridized carbons (Fsp3) is 0.300. The third kappa shape index (κ3) is 1.64. The lowest BCUT2D eigenvalue weighted by atomic mass is 10.1. The van der Waals surface area contributed by atoms with Crippen molar-refractivity contribution in [2.75, 3.05) is 0 Å². The molecule has 3 nitrogen and oxygen atoms in total. The Labute approximate surface area is 77.2 Å². The summed E-state index contributed by atoms with van der Waals surface area (Å²) in [6.07, 6.45) is 1.82. The molecule has 1 heterocycles. The predicted octanol–water partition coefficient (Wildman–Crippen LogP) is 3.26. The molecule has 0 bridgehead atoms. The molecule has 3 heteroatoms. The van der Waals surface area contributed by atoms with Crippen LogP contribution in [0.2, 0.25) is 0 Å². The highest BCUT2D eigenvalue weighted by Gasteiger charge is 2.16. The fourth-order valence-corrected chi connectivity index (χ4v) is 1.09. The van der Waals surface area contributed by atoms with Gasteiger partial charge in [-0.3, -0.25) is 4.99 Å². The summed E-state index contributed by atoms with van der Waals surface area (Å²) in [4.78, 5) is 4.33. The molecule has 1 aromatic carbocycles. The van der Waals surface area contributed by atoms with Crippen molar-refractivity contribution in [1.29, 1.82) is 0 Å². The van der Waals surface area contributed by atoms with E-state index in [9.17, 15) is 0 Å². The molecule has 1 aromatic rings. The maximum Gasteiger partial charge on any atom is 0.111 e. The second-order valence-electron chi connectivity index (χ2n) is 3.60. The lowest BCUT2D eigenvalue weighted by Crippen LogP contribution is -2.16. The molecule has 0 saturated heterocycles. The minimum Gasteiger partial charge on any atom is -0.256 e. The Kier molecular flexibility index (Phi) is 1.72. The second-order valence-corrected chi connectivity index (χ2v) is 3.60. The Morgan fingerprint density at radius 2 is 1.77 bits per heavy atom. The molecule has 13 heavy (non-hydrogen) atoms. The largest absolute Gasteiger partial charge is 0.256 e. The van der Waals surface area contributed by atoms with Crippen molar-refractivity contribution in [2.24, 2.45) is 15.2 Å². The van der Waals surface area contributed by atoms with Crippen LogP contribution in [-0.2, 0) is 0 Å². The Balaban J connectivity index is 2.53. The summed E-state index contributed by atoms with van der Waals surface area (Å²) in [5.74, 6) is 0. The normalized spacial score (nSPS) is 18.0. The van der Waals surface area contributed by atoms with Gasteiger partial charge in [-0.15, -0.1) is 0 Å². The lowest BCUT2D eigenvalue weighted by Gasteiger charge is -2.07. The van der Waals surface area contributed by atoms with Gasteiger partial charge >= 0.3 is 0 Å². The summed E-state index contributed by atoms with van der Waals surface area (Å²) < 4.78 is 0. The number of azo groups is 1. The van der Waals surface area contributed by atoms with Gasteiger partial charge in [-0.05, 0) is 26.0 Å². The molecule has 0 aromatic heterocycles. The van der Waals surface area contributed by atoms with E-state index in [0.717, 1.165) is 11.4 Å². The molecule has 1 aliphatic rings. The van der Waals surface area contributed by atoms with E-state index in [0.29, 0.717) is 0 Å². The number of nitrogens with zero attached hydrogens (tertiary/aromatic N) is 3. The van der Waals surface area contributed by atoms with Crippen molar-refractivity contribution >= 4 is 17.6 Å². The Hall–Kier alpha value is -1.51. The highest BCUT2D eigenvalue weighted by Crippen LogP contribution is 2.30. The molecule has 66 valence electrons. The van der Waals surface area contributed by atoms with Gasteiger partial charge in [0.05, 0.1) is 5.69 Å². The first kappa shape index (κ1) is 8.10. The summed E-state index contributed by atoms with van der Waals surface area (Å²) in [5, 5.41) is 8.31. The van der Waals surface area contributed by atoms with Gasteiger partial charge in [-0.25, -0.2) is 0 Å². The standard InChI is InChI=1S/C10H11N3/c1-10(2)7-11-8-5-3-4-6-9(8)12-13-10/h3-7H,1-2H3. The summed E-state index contributed by atoms with van der Waals surface area (Å²) in [6, 6.07) is 7.74. The molecule has 2 rings (SSSR count). The summed E-state index contributed by atoms with van der Waals surface area (Å²) >= 11 is 0. The van der Waals surface area contributed by atoms with Crippen LogP contribution >= 0.6 is 0 Å². The average Bonchev–Trinajstić information content (AvgIpc) is 2.27. The molecule has 0 fully saturated rings. The van der Waals surface area contributed by atoms with Crippen LogP contribution in [0.25, 0.3) is 0 Å². The van der Waals surface area contributed by atoms with Gasteiger partial charge in [0.15, 0.2) is 0 Å². The molecule has 0 N–H and O–H groups in total. The zero-order valence-electron chi connectivity index (χ0n) is 7.73. The van der Waals surface area contributed by atoms with E-state index in [1.807, 2.05) is 44.3 Å². The molecular formula is C10H11N3. The van der Waals surface area contributed by atoms with Crippen molar-refractivity contribution in [2.45, 2.75) is 19.4 Å². The van der Waals surface area contributed by atoms with Crippen LogP contribution in [0.3, 0.4) is 0 Å². The lowest BCUT2D eigenvalue weighted by molar-refractivity contribution is 0.677. The predicted molar refractivity (Wildman–Crippen MR) is 53.2 cm³/mol. The molecule has 0 amide bonds. The van der Waals surface area contributed by atoms with Crippen molar-refractivity contribution < 1.29 is 0 Å². The molecule has 0 aliphatic carbocycles. The van der Waals surface area contributed by atoms with Crippen molar-refractivity contribution in [3.05, 3.63) is 24.3 Å². The van der Waals surface area contributed by atoms with E-state index in [1.54, 1.807) is 0 Å². The minimum absolute atomic E-state index is 0.293. The van der Waals surface area contributed by atoms with Crippen molar-refractivity contribution in [3.63, 3.8) is 0 Å². The van der Waals surface area contributed by atoms with E-state index >= 15 is 0 Å². The molecule has 0 unspecified atom stereocenters. The zero-order valence-corrected chi connectivity index (χ0v) is 7.73. The van der Waals surface area contributed by atoms with Gasteiger partial charge in [-0.2, -0.15) is 10.2 Å². The Bertz CT molecular complexity index is 343. The molecule has 0 radical (unpaired) electrons. The van der Waals surface area contributed by atoms with Crippen molar-refractivity contribution in [1.82, 2.24) is 0 Å². The first-order valence-electron chi connectivity index (χ1n) is 4.25. The number of fused-ring (bicyclic) bond motifs is 1. The van der Waals surface area contributed by atoms with Crippen LogP contribution in [0.4, 0.5) is 11.4 Å². The summed E-state index contributed by atoms with van der Waals surface area (Å²) in [5.41, 5.74) is 1.43. The van der Waals surface area contributed by atoms with E-state index in [1.165, 1.54) is 0 Å². The smallest absolute Gasteiger partial charge is 0.111 e. The maximum atomic E-state index is 4.33. The minimum atomic E-state index is -0.293. The number of hydrogen-bond acceptors (Lipinski definition) is 3. The highest BCUT2D eigenvalue weighted by molar-refractivity contribution is 5.77. The monoisotopic (exact) mass is 173 g/mol. The molecule has 1 aliphatic heterocycles. The molecule has 0 spiro atoms. The van der Waals surface area contributed by atoms with Crippen molar-refractivity contribution in [3.8, 4) is 0 Å². The fourth-order valence-electron chi connectivity index (χ4n) is 1.09. The van der Waals surface area contributed by atoms with Gasteiger partial charge in [0.1, 0.15) is 11.2 Å². The van der Waals surface area contributed by atoms with E-state index < -0.39 is 0 Å².